The number of nitrogens with one attached hydrogen (secondary N) is 3. The minimum atomic E-state index is -0.426. The van der Waals surface area contributed by atoms with Crippen LogP contribution in [0.25, 0.3) is 22.2 Å². The van der Waals surface area contributed by atoms with Gasteiger partial charge in [-0.2, -0.15) is 0 Å². The molecule has 2 aromatic carbocycles. The molecule has 0 radical (unpaired) electrons. The number of rotatable bonds is 10. The predicted molar refractivity (Wildman–Crippen MR) is 169 cm³/mol. The van der Waals surface area contributed by atoms with Crippen molar-refractivity contribution >= 4 is 34.3 Å². The zero-order valence-electron chi connectivity index (χ0n) is 25.1. The summed E-state index contributed by atoms with van der Waals surface area (Å²) in [6.07, 6.45) is 2.06. The summed E-state index contributed by atoms with van der Waals surface area (Å²) >= 11 is 0. The maximum Gasteiger partial charge on any atom is 0.326 e. The highest BCUT2D eigenvalue weighted by molar-refractivity contribution is 6.03. The van der Waals surface area contributed by atoms with Crippen molar-refractivity contribution in [3.63, 3.8) is 0 Å². The minimum Gasteiger partial charge on any atom is -0.497 e. The molecule has 42 heavy (non-hydrogen) atoms. The molecule has 0 atom stereocenters. The van der Waals surface area contributed by atoms with Crippen LogP contribution in [-0.4, -0.2) is 42.1 Å². The van der Waals surface area contributed by atoms with Gasteiger partial charge in [0.15, 0.2) is 0 Å². The van der Waals surface area contributed by atoms with Gasteiger partial charge in [0.1, 0.15) is 17.1 Å². The molecule has 0 aliphatic heterocycles. The Labute approximate surface area is 246 Å². The van der Waals surface area contributed by atoms with E-state index in [-0.39, 0.29) is 30.0 Å². The number of benzene rings is 2. The van der Waals surface area contributed by atoms with Gasteiger partial charge in [0.2, 0.25) is 5.91 Å². The Kier molecular flexibility index (Phi) is 9.62. The van der Waals surface area contributed by atoms with Crippen LogP contribution in [0.3, 0.4) is 0 Å². The molecule has 0 bridgehead atoms. The van der Waals surface area contributed by atoms with Crippen LogP contribution < -0.4 is 25.8 Å². The van der Waals surface area contributed by atoms with E-state index < -0.39 is 11.6 Å². The zero-order valence-corrected chi connectivity index (χ0v) is 25.1. The molecule has 0 aliphatic rings. The number of carbonyl (C=O) groups is 2. The summed E-state index contributed by atoms with van der Waals surface area (Å²) in [7, 11) is 1.65. The van der Waals surface area contributed by atoms with E-state index in [2.05, 4.69) is 60.4 Å². The monoisotopic (exact) mass is 569 g/mol. The molecule has 4 rings (SSSR count). The summed E-state index contributed by atoms with van der Waals surface area (Å²) in [5, 5.41) is 6.64. The molecule has 2 heterocycles. The van der Waals surface area contributed by atoms with Crippen LogP contribution in [0, 0.1) is 0 Å². The van der Waals surface area contributed by atoms with Gasteiger partial charge in [0.05, 0.1) is 7.11 Å². The third-order valence-corrected chi connectivity index (χ3v) is 7.14. The standard InChI is InChI=1S/C33H39N5O4/c1-20(2)27-17-25(23-10-7-12-26(16-23)42-6)18-28(21(3)4)30(27)36-33(41)38(15-9-14-34-22(5)39)29-19-24-11-8-13-35-31(24)37-32(29)40/h7-8,10-13,16-21H,9,14-15H2,1-6H3,(H,34,39)(H,36,41)(H,35,37,40). The van der Waals surface area contributed by atoms with Gasteiger partial charge in [-0.05, 0) is 83.0 Å². The maximum absolute atomic E-state index is 14.1. The van der Waals surface area contributed by atoms with Gasteiger partial charge in [-0.15, -0.1) is 0 Å². The molecule has 9 nitrogen and oxygen atoms in total. The number of hydrogen-bond acceptors (Lipinski definition) is 5. The van der Waals surface area contributed by atoms with E-state index in [4.69, 9.17) is 4.74 Å². The van der Waals surface area contributed by atoms with Crippen LogP contribution in [0.15, 0.2) is 65.6 Å². The van der Waals surface area contributed by atoms with Crippen LogP contribution in [0.4, 0.5) is 16.2 Å². The first kappa shape index (κ1) is 30.3. The van der Waals surface area contributed by atoms with Gasteiger partial charge < -0.3 is 20.4 Å². The second kappa shape index (κ2) is 13.3. The van der Waals surface area contributed by atoms with Crippen LogP contribution in [0.5, 0.6) is 5.75 Å². The molecule has 220 valence electrons. The minimum absolute atomic E-state index is 0.103. The average molecular weight is 570 g/mol. The summed E-state index contributed by atoms with van der Waals surface area (Å²) in [4.78, 5) is 47.1. The van der Waals surface area contributed by atoms with Crippen molar-refractivity contribution in [1.82, 2.24) is 15.3 Å². The summed E-state index contributed by atoms with van der Waals surface area (Å²) in [5.41, 5.74) is 5.00. The number of carbonyl (C=O) groups excluding carboxylic acids is 2. The first-order chi connectivity index (χ1) is 20.1. The van der Waals surface area contributed by atoms with Crippen molar-refractivity contribution in [1.29, 1.82) is 0 Å². The number of fused-ring (bicyclic) bond motifs is 1. The van der Waals surface area contributed by atoms with Crippen LogP contribution in [0.2, 0.25) is 0 Å². The number of methoxy groups -OCH3 is 1. The Morgan fingerprint density at radius 2 is 1.69 bits per heavy atom. The molecule has 0 spiro atoms. The number of urea groups is 1. The van der Waals surface area contributed by atoms with Crippen molar-refractivity contribution < 1.29 is 14.3 Å². The number of amides is 3. The second-order valence-corrected chi connectivity index (χ2v) is 10.9. The molecule has 3 amide bonds. The molecule has 0 saturated carbocycles. The lowest BCUT2D eigenvalue weighted by atomic mass is 9.88. The van der Waals surface area contributed by atoms with Crippen molar-refractivity contribution in [3.05, 3.63) is 82.3 Å². The Hall–Kier alpha value is -4.66. The maximum atomic E-state index is 14.1. The fourth-order valence-electron chi connectivity index (χ4n) is 4.94. The van der Waals surface area contributed by atoms with Gasteiger partial charge in [-0.3, -0.25) is 14.5 Å². The number of hydrogen-bond donors (Lipinski definition) is 3. The number of aromatic nitrogens is 2. The van der Waals surface area contributed by atoms with Gasteiger partial charge in [0.25, 0.3) is 5.56 Å². The Balaban J connectivity index is 1.77. The SMILES string of the molecule is COc1cccc(-c2cc(C(C)C)c(NC(=O)N(CCCNC(C)=O)c3cc4cccnc4[nH]c3=O)c(C(C)C)c2)c1. The van der Waals surface area contributed by atoms with Crippen molar-refractivity contribution in [2.75, 3.05) is 30.4 Å². The molecule has 0 aliphatic carbocycles. The van der Waals surface area contributed by atoms with E-state index >= 15 is 0 Å². The lowest BCUT2D eigenvalue weighted by Crippen LogP contribution is -2.40. The first-order valence-corrected chi connectivity index (χ1v) is 14.2. The fraction of sp³-hybridized carbons (Fsp3) is 0.333. The molecule has 2 aromatic heterocycles. The van der Waals surface area contributed by atoms with E-state index in [1.165, 1.54) is 11.8 Å². The van der Waals surface area contributed by atoms with Crippen LogP contribution >= 0.6 is 0 Å². The summed E-state index contributed by atoms with van der Waals surface area (Å²) in [6.45, 7) is 10.4. The number of nitrogens with zero attached hydrogens (tertiary/aromatic N) is 2. The molecule has 0 saturated heterocycles. The normalized spacial score (nSPS) is 11.1. The topological polar surface area (TPSA) is 116 Å². The largest absolute Gasteiger partial charge is 0.497 e. The van der Waals surface area contributed by atoms with E-state index in [0.29, 0.717) is 24.0 Å². The predicted octanol–water partition coefficient (Wildman–Crippen LogP) is 6.41. The van der Waals surface area contributed by atoms with Crippen molar-refractivity contribution in [3.8, 4) is 16.9 Å². The molecular formula is C33H39N5O4. The Bertz CT molecular complexity index is 1610. The molecule has 9 heteroatoms. The van der Waals surface area contributed by atoms with Crippen molar-refractivity contribution in [2.45, 2.75) is 52.9 Å². The average Bonchev–Trinajstić information content (AvgIpc) is 2.96. The Morgan fingerprint density at radius 1 is 0.976 bits per heavy atom. The summed E-state index contributed by atoms with van der Waals surface area (Å²) in [5.74, 6) is 0.825. The van der Waals surface area contributed by atoms with Gasteiger partial charge in [0, 0.05) is 37.3 Å². The van der Waals surface area contributed by atoms with E-state index in [0.717, 1.165) is 33.7 Å². The molecule has 4 aromatic rings. The van der Waals surface area contributed by atoms with Crippen LogP contribution in [0.1, 0.15) is 64.0 Å². The first-order valence-electron chi connectivity index (χ1n) is 14.2. The van der Waals surface area contributed by atoms with E-state index in [1.54, 1.807) is 25.4 Å². The third kappa shape index (κ3) is 6.97. The van der Waals surface area contributed by atoms with Gasteiger partial charge >= 0.3 is 6.03 Å². The Morgan fingerprint density at radius 3 is 2.33 bits per heavy atom. The highest BCUT2D eigenvalue weighted by Gasteiger charge is 2.24. The lowest BCUT2D eigenvalue weighted by Gasteiger charge is -2.27. The zero-order chi connectivity index (χ0) is 30.4. The number of aromatic amines is 1. The number of ether oxygens (including phenoxy) is 1. The van der Waals surface area contributed by atoms with E-state index in [1.807, 2.05) is 30.3 Å². The number of anilines is 2. The third-order valence-electron chi connectivity index (χ3n) is 7.14. The van der Waals surface area contributed by atoms with Crippen molar-refractivity contribution in [2.24, 2.45) is 0 Å². The quantitative estimate of drug-likeness (QED) is 0.191. The lowest BCUT2D eigenvalue weighted by molar-refractivity contribution is -0.118. The molecule has 0 unspecified atom stereocenters. The smallest absolute Gasteiger partial charge is 0.326 e. The van der Waals surface area contributed by atoms with Gasteiger partial charge in [-0.25, -0.2) is 9.78 Å². The summed E-state index contributed by atoms with van der Waals surface area (Å²) < 4.78 is 5.45. The molecular weight excluding hydrogens is 530 g/mol. The highest BCUT2D eigenvalue weighted by atomic mass is 16.5. The van der Waals surface area contributed by atoms with E-state index in [9.17, 15) is 14.4 Å². The van der Waals surface area contributed by atoms with Crippen LogP contribution in [-0.2, 0) is 4.79 Å². The number of pyridine rings is 2. The van der Waals surface area contributed by atoms with Gasteiger partial charge in [-0.1, -0.05) is 39.8 Å². The summed E-state index contributed by atoms with van der Waals surface area (Å²) in [6, 6.07) is 17.0. The molecule has 3 N–H and O–H groups in total. The number of H-pyrrole nitrogens is 1. The fourth-order valence-corrected chi connectivity index (χ4v) is 4.94. The highest BCUT2D eigenvalue weighted by Crippen LogP contribution is 2.38. The molecule has 0 fully saturated rings. The second-order valence-electron chi connectivity index (χ2n) is 10.9.